The molecule has 0 N–H and O–H groups in total. The van der Waals surface area contributed by atoms with Crippen molar-refractivity contribution in [3.8, 4) is 5.88 Å². The van der Waals surface area contributed by atoms with Gasteiger partial charge >= 0.3 is 0 Å². The van der Waals surface area contributed by atoms with Crippen LogP contribution in [0.4, 0.5) is 0 Å². The molecule has 0 amide bonds. The summed E-state index contributed by atoms with van der Waals surface area (Å²) in [5, 5.41) is 0. The van der Waals surface area contributed by atoms with E-state index in [9.17, 15) is 0 Å². The van der Waals surface area contributed by atoms with Gasteiger partial charge in [-0.05, 0) is 42.7 Å². The summed E-state index contributed by atoms with van der Waals surface area (Å²) in [6, 6.07) is 3.86. The van der Waals surface area contributed by atoms with Crippen molar-refractivity contribution in [2.24, 2.45) is 5.41 Å². The predicted octanol–water partition coefficient (Wildman–Crippen LogP) is 4.17. The number of halogens is 1. The van der Waals surface area contributed by atoms with Gasteiger partial charge in [-0.25, -0.2) is 4.98 Å². The summed E-state index contributed by atoms with van der Waals surface area (Å²) in [7, 11) is 0. The van der Waals surface area contributed by atoms with Gasteiger partial charge in [0.2, 0.25) is 5.88 Å². The first-order valence-electron chi connectivity index (χ1n) is 6.27. The van der Waals surface area contributed by atoms with E-state index in [-0.39, 0.29) is 0 Å². The Bertz CT molecular complexity index is 368. The van der Waals surface area contributed by atoms with Gasteiger partial charge < -0.3 is 4.74 Å². The third kappa shape index (κ3) is 3.60. The zero-order valence-corrected chi connectivity index (χ0v) is 11.3. The molecule has 94 valence electrons. The summed E-state index contributed by atoms with van der Waals surface area (Å²) in [6.07, 6.45) is 6.79. The first kappa shape index (κ1) is 12.7. The Morgan fingerprint density at radius 1 is 1.41 bits per heavy atom. The number of pyridine rings is 1. The molecule has 1 heterocycles. The third-order valence-corrected chi connectivity index (χ3v) is 3.84. The molecule has 0 spiro atoms. The van der Waals surface area contributed by atoms with Crippen molar-refractivity contribution in [1.82, 2.24) is 4.98 Å². The zero-order chi connectivity index (χ0) is 12.3. The molecule has 1 aliphatic carbocycles. The van der Waals surface area contributed by atoms with E-state index >= 15 is 0 Å². The Morgan fingerprint density at radius 3 is 2.76 bits per heavy atom. The maximum Gasteiger partial charge on any atom is 0.213 e. The molecular formula is C14H20ClNO. The average Bonchev–Trinajstić information content (AvgIpc) is 2.32. The summed E-state index contributed by atoms with van der Waals surface area (Å²) >= 11 is 5.80. The van der Waals surface area contributed by atoms with Crippen LogP contribution < -0.4 is 4.74 Å². The monoisotopic (exact) mass is 253 g/mol. The van der Waals surface area contributed by atoms with Gasteiger partial charge in [0.1, 0.15) is 6.10 Å². The molecule has 2 rings (SSSR count). The summed E-state index contributed by atoms with van der Waals surface area (Å²) < 4.78 is 5.92. The van der Waals surface area contributed by atoms with Crippen LogP contribution in [0.15, 0.2) is 18.3 Å². The number of hydrogen-bond donors (Lipinski definition) is 0. The Hall–Kier alpha value is -0.760. The van der Waals surface area contributed by atoms with Gasteiger partial charge in [-0.1, -0.05) is 13.8 Å². The highest BCUT2D eigenvalue weighted by Crippen LogP contribution is 2.36. The minimum absolute atomic E-state index is 0.320. The summed E-state index contributed by atoms with van der Waals surface area (Å²) in [5.41, 5.74) is 1.54. The predicted molar refractivity (Wildman–Crippen MR) is 70.5 cm³/mol. The second kappa shape index (κ2) is 5.26. The van der Waals surface area contributed by atoms with E-state index in [1.54, 1.807) is 6.20 Å². The fraction of sp³-hybridized carbons (Fsp3) is 0.643. The SMILES string of the molecule is CC1(C)CCC(Oc2cc(CCl)ccn2)CC1. The highest BCUT2D eigenvalue weighted by atomic mass is 35.5. The van der Waals surface area contributed by atoms with Gasteiger partial charge in [0, 0.05) is 18.1 Å². The molecule has 0 saturated heterocycles. The summed E-state index contributed by atoms with van der Waals surface area (Å²) in [4.78, 5) is 4.24. The molecule has 1 aromatic rings. The highest BCUT2D eigenvalue weighted by Gasteiger charge is 2.27. The van der Waals surface area contributed by atoms with E-state index in [2.05, 4.69) is 18.8 Å². The Labute approximate surface area is 108 Å². The number of rotatable bonds is 3. The lowest BCUT2D eigenvalue weighted by Gasteiger charge is -2.34. The second-order valence-electron chi connectivity index (χ2n) is 5.62. The fourth-order valence-electron chi connectivity index (χ4n) is 2.26. The van der Waals surface area contributed by atoms with Crippen LogP contribution >= 0.6 is 11.6 Å². The average molecular weight is 254 g/mol. The maximum atomic E-state index is 5.92. The molecular weight excluding hydrogens is 234 g/mol. The lowest BCUT2D eigenvalue weighted by molar-refractivity contribution is 0.0948. The molecule has 3 heteroatoms. The van der Waals surface area contributed by atoms with Crippen molar-refractivity contribution < 1.29 is 4.74 Å². The van der Waals surface area contributed by atoms with Crippen LogP contribution in [0.5, 0.6) is 5.88 Å². The lowest BCUT2D eigenvalue weighted by atomic mass is 9.76. The van der Waals surface area contributed by atoms with Crippen LogP contribution in [0.3, 0.4) is 0 Å². The van der Waals surface area contributed by atoms with Gasteiger partial charge in [-0.2, -0.15) is 0 Å². The van der Waals surface area contributed by atoms with Crippen molar-refractivity contribution in [3.05, 3.63) is 23.9 Å². The minimum Gasteiger partial charge on any atom is -0.474 e. The molecule has 0 aliphatic heterocycles. The van der Waals surface area contributed by atoms with Crippen molar-refractivity contribution in [3.63, 3.8) is 0 Å². The molecule has 1 fully saturated rings. The Kier molecular flexibility index (Phi) is 3.93. The summed E-state index contributed by atoms with van der Waals surface area (Å²) in [5.74, 6) is 1.23. The molecule has 2 nitrogen and oxygen atoms in total. The van der Waals surface area contributed by atoms with E-state index in [0.29, 0.717) is 23.3 Å². The van der Waals surface area contributed by atoms with Gasteiger partial charge in [0.15, 0.2) is 0 Å². The second-order valence-corrected chi connectivity index (χ2v) is 5.88. The minimum atomic E-state index is 0.320. The molecule has 0 radical (unpaired) electrons. The smallest absolute Gasteiger partial charge is 0.213 e. The highest BCUT2D eigenvalue weighted by molar-refractivity contribution is 6.17. The first-order valence-corrected chi connectivity index (χ1v) is 6.80. The van der Waals surface area contributed by atoms with E-state index in [1.165, 1.54) is 12.8 Å². The number of aromatic nitrogens is 1. The standard InChI is InChI=1S/C14H20ClNO/c1-14(2)6-3-12(4-7-14)17-13-9-11(10-15)5-8-16-13/h5,8-9,12H,3-4,6-7,10H2,1-2H3. The van der Waals surface area contributed by atoms with E-state index in [1.807, 2.05) is 12.1 Å². The van der Waals surface area contributed by atoms with Gasteiger partial charge in [0.05, 0.1) is 0 Å². The van der Waals surface area contributed by atoms with Gasteiger partial charge in [0.25, 0.3) is 0 Å². The molecule has 0 unspecified atom stereocenters. The van der Waals surface area contributed by atoms with Crippen molar-refractivity contribution in [2.45, 2.75) is 51.5 Å². The topological polar surface area (TPSA) is 22.1 Å². The fourth-order valence-corrected chi connectivity index (χ4v) is 2.43. The molecule has 0 atom stereocenters. The van der Waals surface area contributed by atoms with E-state index in [4.69, 9.17) is 16.3 Å². The number of nitrogens with zero attached hydrogens (tertiary/aromatic N) is 1. The van der Waals surface area contributed by atoms with Crippen LogP contribution in [0.25, 0.3) is 0 Å². The lowest BCUT2D eigenvalue weighted by Crippen LogP contribution is -2.28. The molecule has 17 heavy (non-hydrogen) atoms. The Morgan fingerprint density at radius 2 is 2.12 bits per heavy atom. The van der Waals surface area contributed by atoms with Gasteiger partial charge in [-0.3, -0.25) is 0 Å². The van der Waals surface area contributed by atoms with Crippen LogP contribution in [0.1, 0.15) is 45.1 Å². The van der Waals surface area contributed by atoms with Crippen molar-refractivity contribution in [2.75, 3.05) is 0 Å². The molecule has 1 aliphatic rings. The zero-order valence-electron chi connectivity index (χ0n) is 10.6. The molecule has 0 bridgehead atoms. The Balaban J connectivity index is 1.93. The quantitative estimate of drug-likeness (QED) is 0.755. The molecule has 0 aromatic carbocycles. The van der Waals surface area contributed by atoms with Crippen molar-refractivity contribution in [1.29, 1.82) is 0 Å². The largest absolute Gasteiger partial charge is 0.474 e. The first-order chi connectivity index (χ1) is 8.09. The molecule has 1 saturated carbocycles. The van der Waals surface area contributed by atoms with Crippen LogP contribution in [0, 0.1) is 5.41 Å². The van der Waals surface area contributed by atoms with Gasteiger partial charge in [-0.15, -0.1) is 11.6 Å². The number of alkyl halides is 1. The van der Waals surface area contributed by atoms with Crippen molar-refractivity contribution >= 4 is 11.6 Å². The normalized spacial score (nSPS) is 20.2. The van der Waals surface area contributed by atoms with Crippen LogP contribution in [-0.2, 0) is 5.88 Å². The van der Waals surface area contributed by atoms with Crippen LogP contribution in [-0.4, -0.2) is 11.1 Å². The maximum absolute atomic E-state index is 5.92. The van der Waals surface area contributed by atoms with E-state index in [0.717, 1.165) is 18.4 Å². The summed E-state index contributed by atoms with van der Waals surface area (Å²) in [6.45, 7) is 4.66. The van der Waals surface area contributed by atoms with Crippen LogP contribution in [0.2, 0.25) is 0 Å². The molecule has 1 aromatic heterocycles. The number of hydrogen-bond acceptors (Lipinski definition) is 2. The van der Waals surface area contributed by atoms with E-state index < -0.39 is 0 Å². The third-order valence-electron chi connectivity index (χ3n) is 3.53. The number of ether oxygens (including phenoxy) is 1.